The third-order valence-electron chi connectivity index (χ3n) is 2.72. The van der Waals surface area contributed by atoms with Gasteiger partial charge in [-0.25, -0.2) is 4.98 Å². The van der Waals surface area contributed by atoms with E-state index < -0.39 is 0 Å². The summed E-state index contributed by atoms with van der Waals surface area (Å²) in [5.74, 6) is 0.810. The van der Waals surface area contributed by atoms with Crippen molar-refractivity contribution in [1.29, 1.82) is 0 Å². The molecule has 102 valence electrons. The van der Waals surface area contributed by atoms with Gasteiger partial charge in [0.05, 0.1) is 12.3 Å². The molecule has 0 saturated heterocycles. The molecular weight excluding hydrogens is 262 g/mol. The van der Waals surface area contributed by atoms with Gasteiger partial charge in [-0.3, -0.25) is 4.57 Å². The van der Waals surface area contributed by atoms with Crippen LogP contribution in [0.5, 0.6) is 0 Å². The molecule has 0 amide bonds. The lowest BCUT2D eigenvalue weighted by Crippen LogP contribution is -2.22. The van der Waals surface area contributed by atoms with Gasteiger partial charge in [-0.2, -0.15) is 0 Å². The standard InChI is InChI=1S/C14H18ClN3O/c1-10-8-18(13-6-4-12(15)5-7-13)14(16-10)17-11(2)9-19-3/h4-8,11H,9H2,1-3H3,(H,16,17). The minimum atomic E-state index is 0.192. The Morgan fingerprint density at radius 1 is 1.37 bits per heavy atom. The maximum atomic E-state index is 5.91. The first-order chi connectivity index (χ1) is 9.10. The fourth-order valence-corrected chi connectivity index (χ4v) is 2.04. The third kappa shape index (κ3) is 3.49. The van der Waals surface area contributed by atoms with Gasteiger partial charge in [0.2, 0.25) is 5.95 Å². The van der Waals surface area contributed by atoms with Gasteiger partial charge in [-0.15, -0.1) is 0 Å². The van der Waals surface area contributed by atoms with E-state index in [-0.39, 0.29) is 6.04 Å². The van der Waals surface area contributed by atoms with E-state index in [1.165, 1.54) is 0 Å². The summed E-state index contributed by atoms with van der Waals surface area (Å²) in [5, 5.41) is 4.06. The average molecular weight is 280 g/mol. The van der Waals surface area contributed by atoms with Crippen LogP contribution in [0, 0.1) is 6.92 Å². The first-order valence-electron chi connectivity index (χ1n) is 6.17. The number of rotatable bonds is 5. The van der Waals surface area contributed by atoms with Crippen molar-refractivity contribution in [1.82, 2.24) is 9.55 Å². The van der Waals surface area contributed by atoms with Crippen molar-refractivity contribution in [3.8, 4) is 5.69 Å². The van der Waals surface area contributed by atoms with Crippen molar-refractivity contribution in [2.75, 3.05) is 19.0 Å². The Balaban J connectivity index is 2.27. The molecule has 1 aromatic carbocycles. The number of halogens is 1. The highest BCUT2D eigenvalue weighted by Crippen LogP contribution is 2.19. The predicted octanol–water partition coefficient (Wildman–Crippen LogP) is 3.28. The molecule has 1 N–H and O–H groups in total. The normalized spacial score (nSPS) is 12.4. The van der Waals surface area contributed by atoms with E-state index in [1.54, 1.807) is 7.11 Å². The van der Waals surface area contributed by atoms with Gasteiger partial charge in [-0.05, 0) is 38.1 Å². The summed E-state index contributed by atoms with van der Waals surface area (Å²) in [7, 11) is 1.69. The minimum absolute atomic E-state index is 0.192. The van der Waals surface area contributed by atoms with Gasteiger partial charge >= 0.3 is 0 Å². The summed E-state index contributed by atoms with van der Waals surface area (Å²) < 4.78 is 7.14. The summed E-state index contributed by atoms with van der Waals surface area (Å²) >= 11 is 5.91. The fraction of sp³-hybridized carbons (Fsp3) is 0.357. The number of imidazole rings is 1. The van der Waals surface area contributed by atoms with Crippen LogP contribution < -0.4 is 5.32 Å². The highest BCUT2D eigenvalue weighted by atomic mass is 35.5. The zero-order chi connectivity index (χ0) is 13.8. The topological polar surface area (TPSA) is 39.1 Å². The largest absolute Gasteiger partial charge is 0.383 e. The third-order valence-corrected chi connectivity index (χ3v) is 2.98. The Hall–Kier alpha value is -1.52. The van der Waals surface area contributed by atoms with Crippen LogP contribution >= 0.6 is 11.6 Å². The predicted molar refractivity (Wildman–Crippen MR) is 78.3 cm³/mol. The molecule has 0 radical (unpaired) electrons. The molecule has 0 bridgehead atoms. The minimum Gasteiger partial charge on any atom is -0.383 e. The summed E-state index contributed by atoms with van der Waals surface area (Å²) in [6.45, 7) is 4.66. The van der Waals surface area contributed by atoms with E-state index in [2.05, 4.69) is 17.2 Å². The summed E-state index contributed by atoms with van der Waals surface area (Å²) in [5.41, 5.74) is 1.99. The van der Waals surface area contributed by atoms with Crippen LogP contribution in [0.15, 0.2) is 30.5 Å². The van der Waals surface area contributed by atoms with Gasteiger partial charge in [0, 0.05) is 30.1 Å². The second-order valence-electron chi connectivity index (χ2n) is 4.55. The van der Waals surface area contributed by atoms with Gasteiger partial charge in [0.1, 0.15) is 0 Å². The van der Waals surface area contributed by atoms with E-state index in [9.17, 15) is 0 Å². The number of hydrogen-bond donors (Lipinski definition) is 1. The van der Waals surface area contributed by atoms with E-state index in [1.807, 2.05) is 42.0 Å². The van der Waals surface area contributed by atoms with Crippen LogP contribution in [0.2, 0.25) is 5.02 Å². The molecule has 1 aromatic heterocycles. The molecule has 2 rings (SSSR count). The molecule has 5 heteroatoms. The lowest BCUT2D eigenvalue weighted by Gasteiger charge is -2.15. The molecule has 0 fully saturated rings. The van der Waals surface area contributed by atoms with Crippen LogP contribution in [0.4, 0.5) is 5.95 Å². The van der Waals surface area contributed by atoms with Crippen LogP contribution in [-0.2, 0) is 4.74 Å². The Morgan fingerprint density at radius 3 is 2.68 bits per heavy atom. The zero-order valence-electron chi connectivity index (χ0n) is 11.4. The van der Waals surface area contributed by atoms with Crippen molar-refractivity contribution >= 4 is 17.5 Å². The molecule has 0 aliphatic heterocycles. The van der Waals surface area contributed by atoms with Gasteiger partial charge in [-0.1, -0.05) is 11.6 Å². The number of ether oxygens (including phenoxy) is 1. The smallest absolute Gasteiger partial charge is 0.208 e. The van der Waals surface area contributed by atoms with Gasteiger partial charge in [0.15, 0.2) is 0 Å². The van der Waals surface area contributed by atoms with Crippen LogP contribution in [0.3, 0.4) is 0 Å². The average Bonchev–Trinajstić information content (AvgIpc) is 2.71. The molecule has 19 heavy (non-hydrogen) atoms. The quantitative estimate of drug-likeness (QED) is 0.913. The van der Waals surface area contributed by atoms with Gasteiger partial charge in [0.25, 0.3) is 0 Å². The summed E-state index contributed by atoms with van der Waals surface area (Å²) in [4.78, 5) is 4.49. The molecule has 2 aromatic rings. The SMILES string of the molecule is COCC(C)Nc1nc(C)cn1-c1ccc(Cl)cc1. The van der Waals surface area contributed by atoms with Crippen molar-refractivity contribution in [3.05, 3.63) is 41.2 Å². The summed E-state index contributed by atoms with van der Waals surface area (Å²) in [6.07, 6.45) is 1.99. The van der Waals surface area contributed by atoms with Crippen molar-refractivity contribution in [2.24, 2.45) is 0 Å². The highest BCUT2D eigenvalue weighted by Gasteiger charge is 2.10. The number of hydrogen-bond acceptors (Lipinski definition) is 3. The fourth-order valence-electron chi connectivity index (χ4n) is 1.91. The highest BCUT2D eigenvalue weighted by molar-refractivity contribution is 6.30. The lowest BCUT2D eigenvalue weighted by atomic mass is 10.3. The van der Waals surface area contributed by atoms with Crippen molar-refractivity contribution in [2.45, 2.75) is 19.9 Å². The second-order valence-corrected chi connectivity index (χ2v) is 4.99. The Morgan fingerprint density at radius 2 is 2.05 bits per heavy atom. The van der Waals surface area contributed by atoms with Crippen LogP contribution in [0.25, 0.3) is 5.69 Å². The first kappa shape index (κ1) is 13.9. The number of nitrogens with one attached hydrogen (secondary N) is 1. The number of nitrogens with zero attached hydrogens (tertiary/aromatic N) is 2. The molecule has 1 unspecified atom stereocenters. The van der Waals surface area contributed by atoms with Gasteiger partial charge < -0.3 is 10.1 Å². The molecule has 0 saturated carbocycles. The van der Waals surface area contributed by atoms with Crippen molar-refractivity contribution < 1.29 is 4.74 Å². The molecule has 0 aliphatic carbocycles. The van der Waals surface area contributed by atoms with Crippen molar-refractivity contribution in [3.63, 3.8) is 0 Å². The van der Waals surface area contributed by atoms with Crippen LogP contribution in [0.1, 0.15) is 12.6 Å². The molecule has 4 nitrogen and oxygen atoms in total. The first-order valence-corrected chi connectivity index (χ1v) is 6.55. The second kappa shape index (κ2) is 6.08. The monoisotopic (exact) mass is 279 g/mol. The molecule has 1 heterocycles. The van der Waals surface area contributed by atoms with E-state index >= 15 is 0 Å². The van der Waals surface area contributed by atoms with E-state index in [4.69, 9.17) is 16.3 Å². The molecule has 0 aliphatic rings. The number of anilines is 1. The summed E-state index contributed by atoms with van der Waals surface area (Å²) in [6, 6.07) is 7.87. The number of aromatic nitrogens is 2. The van der Waals surface area contributed by atoms with E-state index in [0.29, 0.717) is 6.61 Å². The number of benzene rings is 1. The molecule has 1 atom stereocenters. The Bertz CT molecular complexity index is 536. The number of aryl methyl sites for hydroxylation is 1. The number of methoxy groups -OCH3 is 1. The van der Waals surface area contributed by atoms with E-state index in [0.717, 1.165) is 22.4 Å². The maximum Gasteiger partial charge on any atom is 0.208 e. The molecule has 0 spiro atoms. The zero-order valence-corrected chi connectivity index (χ0v) is 12.1. The van der Waals surface area contributed by atoms with Crippen LogP contribution in [-0.4, -0.2) is 29.3 Å². The molecular formula is C14H18ClN3O. The lowest BCUT2D eigenvalue weighted by molar-refractivity contribution is 0.190. The maximum absolute atomic E-state index is 5.91. The Labute approximate surface area is 118 Å². The Kier molecular flexibility index (Phi) is 4.45.